The largest absolute Gasteiger partial charge is 0.310 e. The standard InChI is InChI=1S/C69H60F2N2/c1-41(2)45-17-25-49(26-18-45)72(51-29-21-47(70)22-30-51)53-33-35-57-61(37-53)59(43(5)6)39-63-64-40-60(44(7)8)62-38-54(73(52-31-23-48(71)24-32-52)50-27-19-46(20-28-50)42(3)4)34-36-58(62)68(64)69(67(57)63)65-15-11-9-13-55(65)56-14-10-12-16-66(56)69/h9-44H,1-8H3. The van der Waals surface area contributed by atoms with Gasteiger partial charge in [-0.3, -0.25) is 0 Å². The molecule has 2 aliphatic rings. The Hall–Kier alpha value is -7.82. The predicted molar refractivity (Wildman–Crippen MR) is 303 cm³/mol. The Kier molecular flexibility index (Phi) is 11.2. The Labute approximate surface area is 429 Å². The summed E-state index contributed by atoms with van der Waals surface area (Å²) in [6.45, 7) is 18.1. The maximum Gasteiger partial charge on any atom is 0.123 e. The molecule has 10 aromatic rings. The van der Waals surface area contributed by atoms with E-state index in [-0.39, 0.29) is 23.5 Å². The van der Waals surface area contributed by atoms with Crippen LogP contribution in [0.1, 0.15) is 124 Å². The summed E-state index contributed by atoms with van der Waals surface area (Å²) in [5, 5.41) is 4.87. The molecule has 2 nitrogen and oxygen atoms in total. The minimum absolute atomic E-state index is 0.204. The van der Waals surface area contributed by atoms with Crippen molar-refractivity contribution in [2.45, 2.75) is 84.5 Å². The molecule has 360 valence electrons. The van der Waals surface area contributed by atoms with Gasteiger partial charge in [-0.25, -0.2) is 8.78 Å². The zero-order valence-corrected chi connectivity index (χ0v) is 42.9. The van der Waals surface area contributed by atoms with Crippen LogP contribution < -0.4 is 9.80 Å². The van der Waals surface area contributed by atoms with E-state index in [1.54, 1.807) is 24.3 Å². The zero-order chi connectivity index (χ0) is 50.4. The average molecular weight is 955 g/mol. The van der Waals surface area contributed by atoms with E-state index in [0.717, 1.165) is 34.1 Å². The molecule has 0 heterocycles. The van der Waals surface area contributed by atoms with Crippen molar-refractivity contribution in [2.24, 2.45) is 0 Å². The fourth-order valence-electron chi connectivity index (χ4n) is 12.3. The summed E-state index contributed by atoms with van der Waals surface area (Å²) in [7, 11) is 0. The lowest BCUT2D eigenvalue weighted by molar-refractivity contribution is 0.627. The summed E-state index contributed by atoms with van der Waals surface area (Å²) >= 11 is 0. The number of halogens is 2. The molecule has 10 aromatic carbocycles. The molecule has 12 rings (SSSR count). The van der Waals surface area contributed by atoms with Gasteiger partial charge in [0, 0.05) is 34.1 Å². The normalized spacial score (nSPS) is 13.1. The van der Waals surface area contributed by atoms with E-state index >= 15 is 0 Å². The molecule has 0 amide bonds. The van der Waals surface area contributed by atoms with Crippen molar-refractivity contribution in [2.75, 3.05) is 9.80 Å². The van der Waals surface area contributed by atoms with Crippen molar-refractivity contribution >= 4 is 55.7 Å². The van der Waals surface area contributed by atoms with E-state index in [1.165, 1.54) is 88.3 Å². The van der Waals surface area contributed by atoms with Gasteiger partial charge < -0.3 is 9.80 Å². The van der Waals surface area contributed by atoms with Gasteiger partial charge in [-0.05, 0) is 221 Å². The molecule has 0 aliphatic heterocycles. The van der Waals surface area contributed by atoms with Gasteiger partial charge in [0.1, 0.15) is 11.6 Å². The second-order valence-corrected chi connectivity index (χ2v) is 21.5. The van der Waals surface area contributed by atoms with Crippen LogP contribution in [-0.4, -0.2) is 0 Å². The summed E-state index contributed by atoms with van der Waals surface area (Å²) in [6.07, 6.45) is 0. The average Bonchev–Trinajstić information content (AvgIpc) is 3.87. The molecule has 0 N–H and O–H groups in total. The van der Waals surface area contributed by atoms with Crippen molar-refractivity contribution in [3.63, 3.8) is 0 Å². The molecule has 0 radical (unpaired) electrons. The number of hydrogen-bond donors (Lipinski definition) is 0. The van der Waals surface area contributed by atoms with Crippen LogP contribution in [0.5, 0.6) is 0 Å². The summed E-state index contributed by atoms with van der Waals surface area (Å²) < 4.78 is 29.2. The van der Waals surface area contributed by atoms with Gasteiger partial charge in [0.2, 0.25) is 0 Å². The quantitative estimate of drug-likeness (QED) is 0.135. The van der Waals surface area contributed by atoms with Crippen LogP contribution in [0.25, 0.3) is 43.8 Å². The first-order valence-corrected chi connectivity index (χ1v) is 26.1. The highest BCUT2D eigenvalue weighted by Crippen LogP contribution is 2.66. The van der Waals surface area contributed by atoms with Crippen LogP contribution in [0.15, 0.2) is 194 Å². The summed E-state index contributed by atoms with van der Waals surface area (Å²) in [6, 6.07) is 68.6. The number of nitrogens with zero attached hydrogens (tertiary/aromatic N) is 2. The molecule has 0 bridgehead atoms. The maximum atomic E-state index is 14.6. The molecule has 0 unspecified atom stereocenters. The highest BCUT2D eigenvalue weighted by atomic mass is 19.1. The van der Waals surface area contributed by atoms with E-state index in [9.17, 15) is 8.78 Å². The maximum absolute atomic E-state index is 14.6. The van der Waals surface area contributed by atoms with E-state index < -0.39 is 5.41 Å². The first-order chi connectivity index (χ1) is 35.3. The smallest absolute Gasteiger partial charge is 0.123 e. The first-order valence-electron chi connectivity index (χ1n) is 26.1. The Bertz CT molecular complexity index is 3500. The molecule has 0 saturated carbocycles. The number of fused-ring (bicyclic) bond motifs is 14. The zero-order valence-electron chi connectivity index (χ0n) is 42.9. The molecule has 1 spiro atoms. The van der Waals surface area contributed by atoms with E-state index in [1.807, 2.05) is 24.3 Å². The van der Waals surface area contributed by atoms with Crippen molar-refractivity contribution in [3.05, 3.63) is 250 Å². The topological polar surface area (TPSA) is 6.48 Å². The third kappa shape index (κ3) is 7.32. The number of anilines is 6. The molecule has 0 saturated heterocycles. The monoisotopic (exact) mass is 954 g/mol. The van der Waals surface area contributed by atoms with Gasteiger partial charge >= 0.3 is 0 Å². The summed E-state index contributed by atoms with van der Waals surface area (Å²) in [5.41, 5.74) is 20.6. The molecule has 0 atom stereocenters. The van der Waals surface area contributed by atoms with Crippen LogP contribution in [0, 0.1) is 11.6 Å². The Balaban J connectivity index is 1.15. The lowest BCUT2D eigenvalue weighted by atomic mass is 9.67. The predicted octanol–water partition coefficient (Wildman–Crippen LogP) is 20.0. The molecule has 4 heteroatoms. The number of rotatable bonds is 10. The van der Waals surface area contributed by atoms with Crippen molar-refractivity contribution in [1.29, 1.82) is 0 Å². The second-order valence-electron chi connectivity index (χ2n) is 21.5. The second kappa shape index (κ2) is 17.7. The van der Waals surface area contributed by atoms with Crippen LogP contribution in [0.4, 0.5) is 42.9 Å². The highest BCUT2D eigenvalue weighted by molar-refractivity contribution is 6.11. The molecule has 0 aromatic heterocycles. The van der Waals surface area contributed by atoms with Crippen LogP contribution >= 0.6 is 0 Å². The lowest BCUT2D eigenvalue weighted by Crippen LogP contribution is -2.27. The summed E-state index contributed by atoms with van der Waals surface area (Å²) in [4.78, 5) is 4.53. The SMILES string of the molecule is CC(C)c1ccc(N(c2ccc(F)cc2)c2ccc3c4c(cc(C(C)C)c3c2)-c2cc(C(C)C)c3cc(N(c5ccc(F)cc5)c5ccc(C(C)C)cc5)ccc3c2C42c3ccccc3-c3ccccc32)cc1. The highest BCUT2D eigenvalue weighted by Gasteiger charge is 2.54. The van der Waals surface area contributed by atoms with Gasteiger partial charge in [0.05, 0.1) is 5.41 Å². The van der Waals surface area contributed by atoms with Crippen molar-refractivity contribution in [1.82, 2.24) is 0 Å². The fraction of sp³-hybridized carbons (Fsp3) is 0.188. The minimum atomic E-state index is -0.658. The number of hydrogen-bond acceptors (Lipinski definition) is 2. The Morgan fingerprint density at radius 3 is 0.986 bits per heavy atom. The van der Waals surface area contributed by atoms with Crippen LogP contribution in [0.2, 0.25) is 0 Å². The van der Waals surface area contributed by atoms with E-state index in [0.29, 0.717) is 11.8 Å². The minimum Gasteiger partial charge on any atom is -0.310 e. The van der Waals surface area contributed by atoms with E-state index in [2.05, 4.69) is 211 Å². The van der Waals surface area contributed by atoms with Gasteiger partial charge in [-0.15, -0.1) is 0 Å². The molecule has 73 heavy (non-hydrogen) atoms. The molecule has 2 aliphatic carbocycles. The first kappa shape index (κ1) is 46.3. The molecular formula is C69H60F2N2. The summed E-state index contributed by atoms with van der Waals surface area (Å²) in [5.74, 6) is 0.676. The van der Waals surface area contributed by atoms with Crippen molar-refractivity contribution in [3.8, 4) is 22.3 Å². The fourth-order valence-corrected chi connectivity index (χ4v) is 12.3. The lowest BCUT2D eigenvalue weighted by Gasteiger charge is -2.34. The Morgan fingerprint density at radius 1 is 0.315 bits per heavy atom. The van der Waals surface area contributed by atoms with Gasteiger partial charge in [0.15, 0.2) is 0 Å². The Morgan fingerprint density at radius 2 is 0.644 bits per heavy atom. The number of benzene rings is 10. The molecule has 0 fully saturated rings. The third-order valence-electron chi connectivity index (χ3n) is 15.9. The van der Waals surface area contributed by atoms with Crippen molar-refractivity contribution < 1.29 is 8.78 Å². The molecular weight excluding hydrogens is 895 g/mol. The van der Waals surface area contributed by atoms with Gasteiger partial charge in [0.25, 0.3) is 0 Å². The van der Waals surface area contributed by atoms with E-state index in [4.69, 9.17) is 0 Å². The van der Waals surface area contributed by atoms with Crippen LogP contribution in [-0.2, 0) is 5.41 Å². The van der Waals surface area contributed by atoms with Gasteiger partial charge in [-0.2, -0.15) is 0 Å². The van der Waals surface area contributed by atoms with Crippen LogP contribution in [0.3, 0.4) is 0 Å². The third-order valence-corrected chi connectivity index (χ3v) is 15.9. The van der Waals surface area contributed by atoms with Gasteiger partial charge in [-0.1, -0.05) is 140 Å².